The number of ether oxygens (including phenoxy) is 2. The van der Waals surface area contributed by atoms with E-state index in [1.165, 1.54) is 31.4 Å². The summed E-state index contributed by atoms with van der Waals surface area (Å²) in [5.74, 6) is 0.231. The second-order valence-electron chi connectivity index (χ2n) is 8.94. The number of rotatable bonds is 8. The molecule has 10 heteroatoms. The second kappa shape index (κ2) is 11.2. The van der Waals surface area contributed by atoms with Gasteiger partial charge < -0.3 is 14.8 Å². The molecule has 0 spiro atoms. The highest BCUT2D eigenvalue weighted by Gasteiger charge is 2.30. The number of aromatic nitrogens is 2. The molecule has 2 fully saturated rings. The van der Waals surface area contributed by atoms with E-state index in [9.17, 15) is 18.0 Å². The molecule has 4 rings (SSSR count). The Balaban J connectivity index is 1.23. The third kappa shape index (κ3) is 6.96. The maximum atomic E-state index is 12.8. The summed E-state index contributed by atoms with van der Waals surface area (Å²) in [7, 11) is 0. The van der Waals surface area contributed by atoms with Crippen molar-refractivity contribution in [3.8, 4) is 5.75 Å². The van der Waals surface area contributed by atoms with E-state index in [2.05, 4.69) is 20.4 Å². The van der Waals surface area contributed by atoms with Crippen molar-refractivity contribution in [3.63, 3.8) is 0 Å². The molecule has 2 aromatic rings. The number of morpholine rings is 1. The highest BCUT2D eigenvalue weighted by atomic mass is 19.4. The zero-order chi connectivity index (χ0) is 24.0. The first-order valence-corrected chi connectivity index (χ1v) is 11.8. The molecule has 0 unspecified atom stereocenters. The molecule has 7 nitrogen and oxygen atoms in total. The number of alkyl halides is 3. The number of carbonyl (C=O) groups is 1. The molecule has 2 aliphatic rings. The maximum absolute atomic E-state index is 12.8. The van der Waals surface area contributed by atoms with Crippen molar-refractivity contribution in [2.75, 3.05) is 32.8 Å². The second-order valence-corrected chi connectivity index (χ2v) is 8.94. The SMILES string of the molecule is O=C(CN1CCO[C@@H](c2cc(CCOc3cccc(C(F)(F)F)c3)[nH]n2)C1)NC1CCCCC1. The van der Waals surface area contributed by atoms with Gasteiger partial charge in [0.1, 0.15) is 11.9 Å². The van der Waals surface area contributed by atoms with E-state index >= 15 is 0 Å². The summed E-state index contributed by atoms with van der Waals surface area (Å²) >= 11 is 0. The van der Waals surface area contributed by atoms with Crippen LogP contribution in [0.15, 0.2) is 30.3 Å². The van der Waals surface area contributed by atoms with Crippen molar-refractivity contribution in [3.05, 3.63) is 47.3 Å². The van der Waals surface area contributed by atoms with Crippen LogP contribution in [-0.2, 0) is 22.1 Å². The van der Waals surface area contributed by atoms with E-state index in [1.54, 1.807) is 0 Å². The Morgan fingerprint density at radius 3 is 2.85 bits per heavy atom. The van der Waals surface area contributed by atoms with E-state index in [1.807, 2.05) is 6.07 Å². The zero-order valence-electron chi connectivity index (χ0n) is 19.1. The van der Waals surface area contributed by atoms with Gasteiger partial charge in [-0.15, -0.1) is 0 Å². The first kappa shape index (κ1) is 24.5. The molecule has 1 saturated carbocycles. The molecule has 1 amide bonds. The van der Waals surface area contributed by atoms with Gasteiger partial charge in [-0.25, -0.2) is 0 Å². The molecule has 1 saturated heterocycles. The first-order chi connectivity index (χ1) is 16.4. The van der Waals surface area contributed by atoms with Crippen LogP contribution in [0.3, 0.4) is 0 Å². The summed E-state index contributed by atoms with van der Waals surface area (Å²) in [5, 5.41) is 10.4. The highest BCUT2D eigenvalue weighted by Crippen LogP contribution is 2.31. The van der Waals surface area contributed by atoms with Crippen LogP contribution < -0.4 is 10.1 Å². The van der Waals surface area contributed by atoms with Crippen LogP contribution >= 0.6 is 0 Å². The number of nitrogens with one attached hydrogen (secondary N) is 2. The Bertz CT molecular complexity index is 944. The Morgan fingerprint density at radius 2 is 2.06 bits per heavy atom. The van der Waals surface area contributed by atoms with Gasteiger partial charge in [0.25, 0.3) is 0 Å². The van der Waals surface area contributed by atoms with E-state index < -0.39 is 11.7 Å². The number of benzene rings is 1. The van der Waals surface area contributed by atoms with E-state index in [-0.39, 0.29) is 24.4 Å². The minimum atomic E-state index is -4.40. The fourth-order valence-electron chi connectivity index (χ4n) is 4.46. The minimum absolute atomic E-state index is 0.0574. The van der Waals surface area contributed by atoms with Gasteiger partial charge in [-0.1, -0.05) is 25.3 Å². The van der Waals surface area contributed by atoms with Crippen molar-refractivity contribution in [2.24, 2.45) is 0 Å². The van der Waals surface area contributed by atoms with Gasteiger partial charge in [0.15, 0.2) is 0 Å². The lowest BCUT2D eigenvalue weighted by Crippen LogP contribution is -2.46. The van der Waals surface area contributed by atoms with Crippen LogP contribution in [0.1, 0.15) is 55.2 Å². The smallest absolute Gasteiger partial charge is 0.416 e. The zero-order valence-corrected chi connectivity index (χ0v) is 19.1. The minimum Gasteiger partial charge on any atom is -0.493 e. The van der Waals surface area contributed by atoms with E-state index in [0.29, 0.717) is 38.7 Å². The summed E-state index contributed by atoms with van der Waals surface area (Å²) in [5.41, 5.74) is 0.810. The Hall–Kier alpha value is -2.59. The van der Waals surface area contributed by atoms with Gasteiger partial charge >= 0.3 is 6.18 Å². The normalized spacial score (nSPS) is 20.3. The van der Waals surface area contributed by atoms with Crippen molar-refractivity contribution in [1.82, 2.24) is 20.4 Å². The number of H-pyrrole nitrogens is 1. The number of nitrogens with zero attached hydrogens (tertiary/aromatic N) is 2. The van der Waals surface area contributed by atoms with Crippen LogP contribution in [0.4, 0.5) is 13.2 Å². The number of carbonyl (C=O) groups excluding carboxylic acids is 1. The molecule has 1 aliphatic heterocycles. The van der Waals surface area contributed by atoms with E-state index in [4.69, 9.17) is 9.47 Å². The standard InChI is InChI=1S/C24H31F3N4O3/c25-24(26,27)17-5-4-8-20(13-17)33-11-9-19-14-21(30-29-19)22-15-31(10-12-34-22)16-23(32)28-18-6-2-1-3-7-18/h4-5,8,13-14,18,22H,1-3,6-7,9-12,15-16H2,(H,28,32)(H,29,30)/t22-/m1/s1. The Kier molecular flexibility index (Phi) is 8.10. The van der Waals surface area contributed by atoms with Crippen molar-refractivity contribution >= 4 is 5.91 Å². The molecule has 0 bridgehead atoms. The largest absolute Gasteiger partial charge is 0.493 e. The van der Waals surface area contributed by atoms with Crippen molar-refractivity contribution in [1.29, 1.82) is 0 Å². The van der Waals surface area contributed by atoms with Crippen LogP contribution in [0.2, 0.25) is 0 Å². The number of aromatic amines is 1. The number of hydrogen-bond acceptors (Lipinski definition) is 5. The molecular formula is C24H31F3N4O3. The topological polar surface area (TPSA) is 79.5 Å². The molecule has 1 atom stereocenters. The quantitative estimate of drug-likeness (QED) is 0.600. The monoisotopic (exact) mass is 480 g/mol. The lowest BCUT2D eigenvalue weighted by Gasteiger charge is -2.32. The van der Waals surface area contributed by atoms with Gasteiger partial charge in [-0.05, 0) is 37.1 Å². The average molecular weight is 481 g/mol. The molecule has 2 heterocycles. The number of halogens is 3. The molecule has 1 aromatic heterocycles. The third-order valence-corrected chi connectivity index (χ3v) is 6.27. The third-order valence-electron chi connectivity index (χ3n) is 6.27. The van der Waals surface area contributed by atoms with Crippen LogP contribution in [0.25, 0.3) is 0 Å². The van der Waals surface area contributed by atoms with Gasteiger partial charge in [-0.3, -0.25) is 14.8 Å². The van der Waals surface area contributed by atoms with Gasteiger partial charge in [0, 0.05) is 31.2 Å². The van der Waals surface area contributed by atoms with Gasteiger partial charge in [-0.2, -0.15) is 18.3 Å². The van der Waals surface area contributed by atoms with E-state index in [0.717, 1.165) is 36.4 Å². The maximum Gasteiger partial charge on any atom is 0.416 e. The summed E-state index contributed by atoms with van der Waals surface area (Å²) in [6, 6.07) is 7.02. The van der Waals surface area contributed by atoms with Crippen LogP contribution in [0.5, 0.6) is 5.75 Å². The summed E-state index contributed by atoms with van der Waals surface area (Å²) in [6.45, 7) is 2.34. The first-order valence-electron chi connectivity index (χ1n) is 11.8. The molecule has 0 radical (unpaired) electrons. The van der Waals surface area contributed by atoms with Gasteiger partial charge in [0.05, 0.1) is 31.0 Å². The lowest BCUT2D eigenvalue weighted by molar-refractivity contribution is -0.137. The predicted molar refractivity (Wildman–Crippen MR) is 119 cm³/mol. The molecule has 186 valence electrons. The molecule has 34 heavy (non-hydrogen) atoms. The highest BCUT2D eigenvalue weighted by molar-refractivity contribution is 5.78. The van der Waals surface area contributed by atoms with Crippen molar-refractivity contribution < 1.29 is 27.4 Å². The fourth-order valence-corrected chi connectivity index (χ4v) is 4.46. The number of amides is 1. The Morgan fingerprint density at radius 1 is 1.24 bits per heavy atom. The lowest BCUT2D eigenvalue weighted by atomic mass is 9.95. The number of hydrogen-bond donors (Lipinski definition) is 2. The van der Waals surface area contributed by atoms with Gasteiger partial charge in [0.2, 0.25) is 5.91 Å². The molecule has 1 aromatic carbocycles. The summed E-state index contributed by atoms with van der Waals surface area (Å²) in [4.78, 5) is 14.5. The Labute approximate surface area is 197 Å². The fraction of sp³-hybridized carbons (Fsp3) is 0.583. The van der Waals surface area contributed by atoms with Crippen LogP contribution in [0, 0.1) is 0 Å². The molecular weight excluding hydrogens is 449 g/mol. The summed E-state index contributed by atoms with van der Waals surface area (Å²) < 4.78 is 49.8. The molecule has 1 aliphatic carbocycles. The average Bonchev–Trinajstić information content (AvgIpc) is 3.28. The van der Waals surface area contributed by atoms with Crippen molar-refractivity contribution in [2.45, 2.75) is 56.8 Å². The summed E-state index contributed by atoms with van der Waals surface area (Å²) in [6.07, 6.45) is 1.54. The predicted octanol–water partition coefficient (Wildman–Crippen LogP) is 3.87. The molecule has 2 N–H and O–H groups in total. The van der Waals surface area contributed by atoms with Crippen LogP contribution in [-0.4, -0.2) is 59.9 Å².